The number of ether oxygens (including phenoxy) is 3. The maximum absolute atomic E-state index is 14.4. The second-order valence-corrected chi connectivity index (χ2v) is 20.3. The number of hydrogen-bond donors (Lipinski definition) is 1. The molecule has 1 N–H and O–H groups in total. The first-order chi connectivity index (χ1) is 36.0. The normalized spacial score (nSPS) is 13.5. The molecule has 0 bridgehead atoms. The molecule has 5 unspecified atom stereocenters. The smallest absolute Gasteiger partial charge is 0.227 e. The number of nitriles is 2. The van der Waals surface area contributed by atoms with E-state index in [1.54, 1.807) is 12.1 Å². The molecule has 0 saturated heterocycles. The Kier molecular flexibility index (Phi) is 30.9. The van der Waals surface area contributed by atoms with Crippen LogP contribution in [-0.2, 0) is 4.79 Å². The number of hydrogen-bond acceptors (Lipinski definition) is 11. The molecule has 3 aromatic rings. The van der Waals surface area contributed by atoms with E-state index >= 15 is 0 Å². The quantitative estimate of drug-likeness (QED) is 0.0557. The molecule has 0 spiro atoms. The number of amides is 1. The predicted octanol–water partition coefficient (Wildman–Crippen LogP) is 19.2. The average molecular weight is 1020 g/mol. The largest absolute Gasteiger partial charge is 0.492 e. The maximum Gasteiger partial charge on any atom is 0.227 e. The second kappa shape index (κ2) is 36.5. The summed E-state index contributed by atoms with van der Waals surface area (Å²) < 4.78 is 20.0. The molecule has 0 aromatic heterocycles. The number of nitrogens with one attached hydrogen (secondary N) is 1. The zero-order valence-electron chi connectivity index (χ0n) is 47.9. The monoisotopic (exact) mass is 1020 g/mol. The topological polar surface area (TPSA) is 157 Å². The summed E-state index contributed by atoms with van der Waals surface area (Å²) in [5.41, 5.74) is 3.85. The van der Waals surface area contributed by atoms with E-state index in [9.17, 15) is 15.3 Å². The van der Waals surface area contributed by atoms with Gasteiger partial charge in [0.2, 0.25) is 5.91 Å². The summed E-state index contributed by atoms with van der Waals surface area (Å²) >= 11 is 0. The van der Waals surface area contributed by atoms with Gasteiger partial charge in [-0.2, -0.15) is 10.5 Å². The highest BCUT2D eigenvalue weighted by Crippen LogP contribution is 2.45. The molecule has 1 amide bonds. The Morgan fingerprint density at radius 2 is 0.986 bits per heavy atom. The van der Waals surface area contributed by atoms with Crippen LogP contribution in [0.25, 0.3) is 0 Å². The molecule has 12 nitrogen and oxygen atoms in total. The van der Waals surface area contributed by atoms with Crippen molar-refractivity contribution in [2.24, 2.45) is 50.0 Å². The lowest BCUT2D eigenvalue weighted by atomic mass is 9.95. The SMILES string of the molecule is CCCCC(CC)COc1cc(N=Nc2cc(OCC)c(N(CC(CC)CCCC)CC(CC)CCCC)cc2NC(=O)C(CC)CCCC)c(OCC(CC)CCCC)cc1N=Nc1ccc(C#N)cc1C#N. The third-order valence-corrected chi connectivity index (χ3v) is 14.6. The molecule has 3 rings (SSSR count). The minimum absolute atomic E-state index is 0.0229. The molecule has 0 radical (unpaired) electrons. The average Bonchev–Trinajstić information content (AvgIpc) is 3.42. The van der Waals surface area contributed by atoms with Crippen LogP contribution in [0.3, 0.4) is 0 Å². The van der Waals surface area contributed by atoms with E-state index in [1.165, 1.54) is 18.9 Å². The summed E-state index contributed by atoms with van der Waals surface area (Å²) in [5.74, 6) is 3.10. The van der Waals surface area contributed by atoms with E-state index in [-0.39, 0.29) is 17.4 Å². The fourth-order valence-corrected chi connectivity index (χ4v) is 9.33. The molecule has 408 valence electrons. The molecule has 0 fully saturated rings. The predicted molar refractivity (Wildman–Crippen MR) is 307 cm³/mol. The minimum Gasteiger partial charge on any atom is -0.492 e. The van der Waals surface area contributed by atoms with Crippen LogP contribution >= 0.6 is 0 Å². The Bertz CT molecular complexity index is 2210. The number of unbranched alkanes of at least 4 members (excludes halogenated alkanes) is 5. The number of carbonyl (C=O) groups excluding carboxylic acids is 1. The van der Waals surface area contributed by atoms with Crippen LogP contribution in [0.2, 0.25) is 0 Å². The van der Waals surface area contributed by atoms with Crippen LogP contribution in [0.15, 0.2) is 62.9 Å². The minimum atomic E-state index is -0.152. The highest BCUT2D eigenvalue weighted by atomic mass is 16.5. The molecule has 74 heavy (non-hydrogen) atoms. The van der Waals surface area contributed by atoms with Gasteiger partial charge < -0.3 is 24.4 Å². The molecule has 0 saturated carbocycles. The number of rotatable bonds is 39. The Hall–Kier alpha value is -5.49. The van der Waals surface area contributed by atoms with Gasteiger partial charge in [-0.05, 0) is 93.4 Å². The lowest BCUT2D eigenvalue weighted by Crippen LogP contribution is -2.34. The van der Waals surface area contributed by atoms with Crippen molar-refractivity contribution in [2.45, 2.75) is 205 Å². The van der Waals surface area contributed by atoms with Gasteiger partial charge in [0.25, 0.3) is 0 Å². The van der Waals surface area contributed by atoms with Gasteiger partial charge in [0.15, 0.2) is 0 Å². The second-order valence-electron chi connectivity index (χ2n) is 20.3. The number of azo groups is 2. The maximum atomic E-state index is 14.4. The molecule has 3 aromatic carbocycles. The van der Waals surface area contributed by atoms with Crippen molar-refractivity contribution < 1.29 is 19.0 Å². The summed E-state index contributed by atoms with van der Waals surface area (Å²) in [6.45, 7) is 27.4. The number of anilines is 2. The van der Waals surface area contributed by atoms with Crippen LogP contribution in [0.4, 0.5) is 34.1 Å². The van der Waals surface area contributed by atoms with E-state index in [0.717, 1.165) is 134 Å². The van der Waals surface area contributed by atoms with Crippen molar-refractivity contribution >= 4 is 40.0 Å². The molecule has 0 heterocycles. The van der Waals surface area contributed by atoms with Crippen LogP contribution in [-0.4, -0.2) is 38.8 Å². The van der Waals surface area contributed by atoms with Gasteiger partial charge in [-0.25, -0.2) is 0 Å². The van der Waals surface area contributed by atoms with E-state index < -0.39 is 0 Å². The van der Waals surface area contributed by atoms with Crippen molar-refractivity contribution in [1.82, 2.24) is 0 Å². The first-order valence-electron chi connectivity index (χ1n) is 29.1. The van der Waals surface area contributed by atoms with Gasteiger partial charge in [-0.1, -0.05) is 159 Å². The van der Waals surface area contributed by atoms with Gasteiger partial charge >= 0.3 is 0 Å². The first kappa shape index (κ1) is 62.8. The van der Waals surface area contributed by atoms with Gasteiger partial charge in [0.1, 0.15) is 46.1 Å². The molecular weight excluding hydrogens is 921 g/mol. The van der Waals surface area contributed by atoms with Gasteiger partial charge in [0.05, 0.1) is 48.4 Å². The Balaban J connectivity index is 2.43. The van der Waals surface area contributed by atoms with Gasteiger partial charge in [-0.3, -0.25) is 4.79 Å². The molecule has 12 heteroatoms. The molecule has 0 aliphatic rings. The summed E-state index contributed by atoms with van der Waals surface area (Å²) in [6, 6.07) is 16.7. The van der Waals surface area contributed by atoms with Crippen LogP contribution in [0.1, 0.15) is 216 Å². The number of nitrogens with zero attached hydrogens (tertiary/aromatic N) is 7. The van der Waals surface area contributed by atoms with Crippen molar-refractivity contribution in [1.29, 1.82) is 10.5 Å². The lowest BCUT2D eigenvalue weighted by Gasteiger charge is -2.34. The first-order valence-corrected chi connectivity index (χ1v) is 29.1. The molecule has 0 aliphatic carbocycles. The molecule has 0 aliphatic heterocycles. The Labute approximate surface area is 448 Å². The molecular formula is C62H96N8O4. The van der Waals surface area contributed by atoms with Gasteiger partial charge in [0, 0.05) is 37.2 Å². The Morgan fingerprint density at radius 3 is 1.43 bits per heavy atom. The van der Waals surface area contributed by atoms with E-state index in [0.29, 0.717) is 94.7 Å². The zero-order chi connectivity index (χ0) is 54.1. The van der Waals surface area contributed by atoms with Crippen LogP contribution in [0, 0.1) is 52.3 Å². The zero-order valence-corrected chi connectivity index (χ0v) is 47.9. The number of benzene rings is 3. The lowest BCUT2D eigenvalue weighted by molar-refractivity contribution is -0.120. The third-order valence-electron chi connectivity index (χ3n) is 14.6. The van der Waals surface area contributed by atoms with E-state index in [1.807, 2.05) is 25.1 Å². The Morgan fingerprint density at radius 1 is 0.527 bits per heavy atom. The molecule has 5 atom stereocenters. The summed E-state index contributed by atoms with van der Waals surface area (Å²) in [6.07, 6.45) is 21.0. The summed E-state index contributed by atoms with van der Waals surface area (Å²) in [4.78, 5) is 16.9. The fraction of sp³-hybridized carbons (Fsp3) is 0.661. The van der Waals surface area contributed by atoms with Crippen LogP contribution in [0.5, 0.6) is 17.2 Å². The highest BCUT2D eigenvalue weighted by molar-refractivity contribution is 5.96. The van der Waals surface area contributed by atoms with Gasteiger partial charge in [-0.15, -0.1) is 20.5 Å². The van der Waals surface area contributed by atoms with E-state index in [4.69, 9.17) is 29.6 Å². The van der Waals surface area contributed by atoms with E-state index in [2.05, 4.69) is 103 Å². The van der Waals surface area contributed by atoms with Crippen LogP contribution < -0.4 is 24.4 Å². The van der Waals surface area contributed by atoms with Crippen molar-refractivity contribution in [3.63, 3.8) is 0 Å². The fourth-order valence-electron chi connectivity index (χ4n) is 9.33. The third kappa shape index (κ3) is 21.0. The van der Waals surface area contributed by atoms with Crippen molar-refractivity contribution in [3.8, 4) is 29.4 Å². The van der Waals surface area contributed by atoms with Crippen molar-refractivity contribution in [3.05, 3.63) is 53.6 Å². The van der Waals surface area contributed by atoms with Crippen molar-refractivity contribution in [2.75, 3.05) is 43.1 Å². The highest BCUT2D eigenvalue weighted by Gasteiger charge is 2.25. The summed E-state index contributed by atoms with van der Waals surface area (Å²) in [5, 5.41) is 42.2. The summed E-state index contributed by atoms with van der Waals surface area (Å²) in [7, 11) is 0. The standard InChI is InChI=1S/C62H96N8O4/c1-12-23-28-46(17-6)42-70(43-47(18-7)29-24-13-2)58-36-54(65-62(71)51(21-10)32-27-16-5)55(37-61(58)72-22-11)67-69-57-39-59(73-44-48(19-8)30-25-14-3)56(38-60(57)74-45-49(20-9)31-26-15-4)68-66-53-34-33-50(40-63)35-52(53)41-64/h33-39,46-49,51H,12-32,42-45H2,1-11H3,(H,65,71). The number of carbonyl (C=O) groups is 1.